The van der Waals surface area contributed by atoms with Crippen molar-refractivity contribution in [2.24, 2.45) is 5.92 Å². The van der Waals surface area contributed by atoms with Gasteiger partial charge in [0.1, 0.15) is 6.04 Å². The van der Waals surface area contributed by atoms with Gasteiger partial charge in [-0.15, -0.1) is 11.8 Å². The molecule has 0 spiro atoms. The monoisotopic (exact) mass is 396 g/mol. The Bertz CT molecular complexity index is 873. The minimum absolute atomic E-state index is 0.198. The maximum absolute atomic E-state index is 13.2. The standard InChI is InChI=1S/C22H24N2O3S/c1-14(2)19(24-20(25)17-7-5-6-8-18(17)21(24)26)22(27)23(3)13-15-9-11-16(28-4)12-10-15/h5-12,14,19H,13H2,1-4H3. The van der Waals surface area contributed by atoms with Crippen LogP contribution in [0.2, 0.25) is 0 Å². The number of hydrogen-bond acceptors (Lipinski definition) is 4. The molecule has 2 aromatic carbocycles. The highest BCUT2D eigenvalue weighted by molar-refractivity contribution is 7.98. The van der Waals surface area contributed by atoms with E-state index in [1.165, 1.54) is 0 Å². The van der Waals surface area contributed by atoms with E-state index in [0.717, 1.165) is 15.4 Å². The summed E-state index contributed by atoms with van der Waals surface area (Å²) in [6.45, 7) is 4.13. The number of benzene rings is 2. The molecule has 3 rings (SSSR count). The van der Waals surface area contributed by atoms with Gasteiger partial charge in [-0.25, -0.2) is 0 Å². The van der Waals surface area contributed by atoms with Crippen molar-refractivity contribution in [2.45, 2.75) is 31.3 Å². The highest BCUT2D eigenvalue weighted by Crippen LogP contribution is 2.28. The molecular formula is C22H24N2O3S. The largest absolute Gasteiger partial charge is 0.340 e. The van der Waals surface area contributed by atoms with Crippen LogP contribution >= 0.6 is 11.8 Å². The summed E-state index contributed by atoms with van der Waals surface area (Å²) in [5.41, 5.74) is 1.72. The molecule has 1 aliphatic heterocycles. The Balaban J connectivity index is 1.83. The van der Waals surface area contributed by atoms with Crippen molar-refractivity contribution in [1.82, 2.24) is 9.80 Å². The number of likely N-dealkylation sites (N-methyl/N-ethyl adjacent to an activating group) is 1. The third-order valence-corrected chi connectivity index (χ3v) is 5.69. The van der Waals surface area contributed by atoms with Gasteiger partial charge in [-0.05, 0) is 42.0 Å². The molecular weight excluding hydrogens is 372 g/mol. The molecule has 1 unspecified atom stereocenters. The first-order valence-corrected chi connectivity index (χ1v) is 10.4. The molecule has 0 aromatic heterocycles. The van der Waals surface area contributed by atoms with Crippen molar-refractivity contribution in [2.75, 3.05) is 13.3 Å². The molecule has 1 heterocycles. The van der Waals surface area contributed by atoms with E-state index < -0.39 is 17.9 Å². The fourth-order valence-corrected chi connectivity index (χ4v) is 3.87. The van der Waals surface area contributed by atoms with Gasteiger partial charge in [-0.1, -0.05) is 38.1 Å². The van der Waals surface area contributed by atoms with Crippen LogP contribution in [0.5, 0.6) is 0 Å². The Morgan fingerprint density at radius 1 is 1.00 bits per heavy atom. The molecule has 0 bridgehead atoms. The van der Waals surface area contributed by atoms with Crippen molar-refractivity contribution >= 4 is 29.5 Å². The Kier molecular flexibility index (Phi) is 5.89. The van der Waals surface area contributed by atoms with Crippen LogP contribution in [0.1, 0.15) is 40.1 Å². The number of carbonyl (C=O) groups excluding carboxylic acids is 3. The Labute approximate surface area is 169 Å². The normalized spacial score (nSPS) is 14.4. The maximum Gasteiger partial charge on any atom is 0.262 e. The second kappa shape index (κ2) is 8.19. The molecule has 0 N–H and O–H groups in total. The summed E-state index contributed by atoms with van der Waals surface area (Å²) in [5.74, 6) is -1.23. The lowest BCUT2D eigenvalue weighted by molar-refractivity contribution is -0.136. The molecule has 0 saturated carbocycles. The summed E-state index contributed by atoms with van der Waals surface area (Å²) >= 11 is 1.66. The van der Waals surface area contributed by atoms with E-state index in [1.807, 2.05) is 44.4 Å². The van der Waals surface area contributed by atoms with Crippen LogP contribution in [-0.2, 0) is 11.3 Å². The van der Waals surface area contributed by atoms with Crippen LogP contribution in [0.15, 0.2) is 53.4 Å². The number of carbonyl (C=O) groups is 3. The molecule has 0 saturated heterocycles. The van der Waals surface area contributed by atoms with Gasteiger partial charge in [0, 0.05) is 18.5 Å². The molecule has 5 nitrogen and oxygen atoms in total. The fourth-order valence-electron chi connectivity index (χ4n) is 3.46. The second-order valence-electron chi connectivity index (χ2n) is 7.26. The highest BCUT2D eigenvalue weighted by atomic mass is 32.2. The smallest absolute Gasteiger partial charge is 0.262 e. The number of nitrogens with zero attached hydrogens (tertiary/aromatic N) is 2. The van der Waals surface area contributed by atoms with Gasteiger partial charge in [0.25, 0.3) is 11.8 Å². The van der Waals surface area contributed by atoms with E-state index in [1.54, 1.807) is 48.0 Å². The van der Waals surface area contributed by atoms with Gasteiger partial charge in [0.2, 0.25) is 5.91 Å². The molecule has 1 atom stereocenters. The summed E-state index contributed by atoms with van der Waals surface area (Å²) in [5, 5.41) is 0. The van der Waals surface area contributed by atoms with Crippen LogP contribution < -0.4 is 0 Å². The molecule has 0 fully saturated rings. The van der Waals surface area contributed by atoms with Crippen molar-refractivity contribution in [3.63, 3.8) is 0 Å². The van der Waals surface area contributed by atoms with Gasteiger partial charge < -0.3 is 4.90 Å². The first kappa shape index (κ1) is 20.1. The Morgan fingerprint density at radius 3 is 2.00 bits per heavy atom. The summed E-state index contributed by atoms with van der Waals surface area (Å²) in [6.07, 6.45) is 2.01. The zero-order valence-corrected chi connectivity index (χ0v) is 17.3. The topological polar surface area (TPSA) is 57.7 Å². The predicted molar refractivity (Wildman–Crippen MR) is 110 cm³/mol. The van der Waals surface area contributed by atoms with E-state index in [4.69, 9.17) is 0 Å². The number of imide groups is 1. The third kappa shape index (κ3) is 3.69. The molecule has 6 heteroatoms. The first-order chi connectivity index (χ1) is 13.3. The minimum atomic E-state index is -0.831. The van der Waals surface area contributed by atoms with E-state index >= 15 is 0 Å². The molecule has 0 aliphatic carbocycles. The second-order valence-corrected chi connectivity index (χ2v) is 8.14. The summed E-state index contributed by atoms with van der Waals surface area (Å²) in [6, 6.07) is 13.9. The zero-order chi connectivity index (χ0) is 20.4. The molecule has 0 radical (unpaired) electrons. The summed E-state index contributed by atoms with van der Waals surface area (Å²) in [7, 11) is 1.71. The summed E-state index contributed by atoms with van der Waals surface area (Å²) in [4.78, 5) is 42.8. The Morgan fingerprint density at radius 2 is 1.54 bits per heavy atom. The molecule has 2 aromatic rings. The van der Waals surface area contributed by atoms with E-state index in [0.29, 0.717) is 17.7 Å². The van der Waals surface area contributed by atoms with Gasteiger partial charge in [0.05, 0.1) is 11.1 Å². The fraction of sp³-hybridized carbons (Fsp3) is 0.318. The van der Waals surface area contributed by atoms with Gasteiger partial charge in [-0.2, -0.15) is 0 Å². The lowest BCUT2D eigenvalue weighted by atomic mass is 10.0. The Hall–Kier alpha value is -2.60. The van der Waals surface area contributed by atoms with Gasteiger partial charge >= 0.3 is 0 Å². The zero-order valence-electron chi connectivity index (χ0n) is 16.5. The van der Waals surface area contributed by atoms with Crippen molar-refractivity contribution < 1.29 is 14.4 Å². The van der Waals surface area contributed by atoms with Crippen molar-refractivity contribution in [3.05, 3.63) is 65.2 Å². The lowest BCUT2D eigenvalue weighted by Crippen LogP contribution is -2.52. The lowest BCUT2D eigenvalue weighted by Gasteiger charge is -2.32. The van der Waals surface area contributed by atoms with E-state index in [-0.39, 0.29) is 11.8 Å². The molecule has 146 valence electrons. The van der Waals surface area contributed by atoms with Gasteiger partial charge in [-0.3, -0.25) is 19.3 Å². The summed E-state index contributed by atoms with van der Waals surface area (Å²) < 4.78 is 0. The maximum atomic E-state index is 13.2. The van der Waals surface area contributed by atoms with Crippen molar-refractivity contribution in [3.8, 4) is 0 Å². The average Bonchev–Trinajstić information content (AvgIpc) is 2.94. The van der Waals surface area contributed by atoms with E-state index in [2.05, 4.69) is 0 Å². The van der Waals surface area contributed by atoms with E-state index in [9.17, 15) is 14.4 Å². The third-order valence-electron chi connectivity index (χ3n) is 4.94. The predicted octanol–water partition coefficient (Wildman–Crippen LogP) is 3.69. The number of rotatable bonds is 6. The number of thioether (sulfide) groups is 1. The number of hydrogen-bond donors (Lipinski definition) is 0. The van der Waals surface area contributed by atoms with Crippen LogP contribution in [0.25, 0.3) is 0 Å². The van der Waals surface area contributed by atoms with Crippen LogP contribution in [0, 0.1) is 5.92 Å². The number of fused-ring (bicyclic) bond motifs is 1. The minimum Gasteiger partial charge on any atom is -0.340 e. The SMILES string of the molecule is CSc1ccc(CN(C)C(=O)C(C(C)C)N2C(=O)c3ccccc3C2=O)cc1. The highest BCUT2D eigenvalue weighted by Gasteiger charge is 2.44. The molecule has 3 amide bonds. The van der Waals surface area contributed by atoms with Crippen molar-refractivity contribution in [1.29, 1.82) is 0 Å². The average molecular weight is 397 g/mol. The van der Waals surface area contributed by atoms with Crippen LogP contribution in [-0.4, -0.2) is 46.9 Å². The molecule has 28 heavy (non-hydrogen) atoms. The molecule has 1 aliphatic rings. The van der Waals surface area contributed by atoms with Crippen LogP contribution in [0.4, 0.5) is 0 Å². The van der Waals surface area contributed by atoms with Gasteiger partial charge in [0.15, 0.2) is 0 Å². The quantitative estimate of drug-likeness (QED) is 0.552. The van der Waals surface area contributed by atoms with Crippen LogP contribution in [0.3, 0.4) is 0 Å². The first-order valence-electron chi connectivity index (χ1n) is 9.20. The number of amides is 3.